The Bertz CT molecular complexity index is 1290. The highest BCUT2D eigenvalue weighted by Crippen LogP contribution is 2.28. The minimum absolute atomic E-state index is 0.139. The van der Waals surface area contributed by atoms with Crippen LogP contribution in [0.1, 0.15) is 5.56 Å². The van der Waals surface area contributed by atoms with Crippen LogP contribution in [0.4, 0.5) is 5.69 Å². The number of ether oxygens (including phenoxy) is 1. The molecule has 0 aliphatic heterocycles. The number of hydrogen-bond donors (Lipinski definition) is 1. The third kappa shape index (κ3) is 6.07. The average molecular weight is 487 g/mol. The van der Waals surface area contributed by atoms with E-state index in [4.69, 9.17) is 4.74 Å². The fourth-order valence-electron chi connectivity index (χ4n) is 3.30. The first-order valence-electron chi connectivity index (χ1n) is 10.9. The van der Waals surface area contributed by atoms with E-state index in [0.717, 1.165) is 28.3 Å². The van der Waals surface area contributed by atoms with Crippen LogP contribution in [-0.4, -0.2) is 53.8 Å². The minimum Gasteiger partial charge on any atom is -0.497 e. The fraction of sp³-hybridized carbons (Fsp3) is 0.154. The second-order valence-electron chi connectivity index (χ2n) is 7.77. The van der Waals surface area contributed by atoms with Crippen LogP contribution < -0.4 is 15.1 Å². The summed E-state index contributed by atoms with van der Waals surface area (Å²) >= 11 is 1.29. The van der Waals surface area contributed by atoms with E-state index in [0.29, 0.717) is 11.0 Å². The monoisotopic (exact) mass is 486 g/mol. The molecule has 1 aromatic heterocycles. The third-order valence-electron chi connectivity index (χ3n) is 5.14. The molecular weight excluding hydrogens is 460 g/mol. The van der Waals surface area contributed by atoms with Gasteiger partial charge in [-0.15, -0.1) is 10.2 Å². The van der Waals surface area contributed by atoms with Gasteiger partial charge in [-0.05, 0) is 42.0 Å². The summed E-state index contributed by atoms with van der Waals surface area (Å²) in [6.07, 6.45) is 1.62. The van der Waals surface area contributed by atoms with Crippen LogP contribution in [0.2, 0.25) is 0 Å². The van der Waals surface area contributed by atoms with Gasteiger partial charge >= 0.3 is 0 Å². The van der Waals surface area contributed by atoms with E-state index in [1.54, 1.807) is 13.3 Å². The Morgan fingerprint density at radius 3 is 2.40 bits per heavy atom. The number of thioether (sulfide) groups is 1. The van der Waals surface area contributed by atoms with E-state index in [1.165, 1.54) is 11.8 Å². The van der Waals surface area contributed by atoms with Gasteiger partial charge in [0.05, 0.1) is 19.1 Å². The van der Waals surface area contributed by atoms with E-state index < -0.39 is 0 Å². The number of nitrogens with zero attached hydrogens (tertiary/aromatic N) is 5. The molecule has 4 aromatic rings. The van der Waals surface area contributed by atoms with Gasteiger partial charge in [-0.1, -0.05) is 54.2 Å². The van der Waals surface area contributed by atoms with E-state index in [2.05, 4.69) is 20.7 Å². The first-order valence-corrected chi connectivity index (χ1v) is 11.9. The number of benzene rings is 3. The first kappa shape index (κ1) is 24.0. The zero-order chi connectivity index (χ0) is 24.6. The lowest BCUT2D eigenvalue weighted by Gasteiger charge is -2.11. The van der Waals surface area contributed by atoms with Gasteiger partial charge in [0.2, 0.25) is 0 Å². The molecule has 0 saturated heterocycles. The van der Waals surface area contributed by atoms with Crippen LogP contribution in [0.25, 0.3) is 17.1 Å². The Labute approximate surface area is 208 Å². The molecule has 0 atom stereocenters. The normalized spacial score (nSPS) is 10.9. The highest BCUT2D eigenvalue weighted by molar-refractivity contribution is 7.99. The molecule has 3 aromatic carbocycles. The summed E-state index contributed by atoms with van der Waals surface area (Å²) in [6, 6.07) is 25.3. The number of nitrogens with one attached hydrogen (secondary N) is 1. The molecule has 8 nitrogen and oxygen atoms in total. The van der Waals surface area contributed by atoms with Gasteiger partial charge in [0.15, 0.2) is 11.0 Å². The predicted molar refractivity (Wildman–Crippen MR) is 141 cm³/mol. The van der Waals surface area contributed by atoms with Gasteiger partial charge in [-0.25, -0.2) is 5.43 Å². The topological polar surface area (TPSA) is 84.6 Å². The summed E-state index contributed by atoms with van der Waals surface area (Å²) < 4.78 is 7.21. The molecule has 9 heteroatoms. The Morgan fingerprint density at radius 1 is 1.03 bits per heavy atom. The van der Waals surface area contributed by atoms with E-state index in [9.17, 15) is 4.79 Å². The lowest BCUT2D eigenvalue weighted by molar-refractivity contribution is -0.118. The second-order valence-corrected chi connectivity index (χ2v) is 8.72. The van der Waals surface area contributed by atoms with E-state index in [1.807, 2.05) is 102 Å². The molecule has 0 spiro atoms. The molecule has 0 saturated carbocycles. The summed E-state index contributed by atoms with van der Waals surface area (Å²) in [6.45, 7) is 0. The maximum atomic E-state index is 12.4. The van der Waals surface area contributed by atoms with Crippen molar-refractivity contribution < 1.29 is 9.53 Å². The zero-order valence-corrected chi connectivity index (χ0v) is 20.6. The van der Waals surface area contributed by atoms with Gasteiger partial charge in [0.25, 0.3) is 5.91 Å². The number of anilines is 1. The van der Waals surface area contributed by atoms with Crippen molar-refractivity contribution in [2.75, 3.05) is 31.9 Å². The Hall–Kier alpha value is -4.11. The van der Waals surface area contributed by atoms with Crippen LogP contribution in [0.5, 0.6) is 5.75 Å². The summed E-state index contributed by atoms with van der Waals surface area (Å²) in [5, 5.41) is 13.4. The van der Waals surface area contributed by atoms with Gasteiger partial charge in [0, 0.05) is 31.0 Å². The van der Waals surface area contributed by atoms with Crippen molar-refractivity contribution in [1.82, 2.24) is 20.2 Å². The lowest BCUT2D eigenvalue weighted by atomic mass is 10.2. The number of carbonyl (C=O) groups excluding carboxylic acids is 1. The smallest absolute Gasteiger partial charge is 0.250 e. The van der Waals surface area contributed by atoms with Crippen molar-refractivity contribution in [3.63, 3.8) is 0 Å². The maximum Gasteiger partial charge on any atom is 0.250 e. The SMILES string of the molecule is COc1ccc(-n2c(SCC(=O)N/N=C\c3ccc(N(C)C)cc3)nnc2-c2ccccc2)cc1. The molecule has 1 heterocycles. The van der Waals surface area contributed by atoms with Crippen molar-refractivity contribution >= 4 is 29.6 Å². The Morgan fingerprint density at radius 2 is 1.74 bits per heavy atom. The van der Waals surface area contributed by atoms with Crippen LogP contribution in [-0.2, 0) is 4.79 Å². The molecule has 1 amide bonds. The number of amides is 1. The first-order chi connectivity index (χ1) is 17.0. The van der Waals surface area contributed by atoms with Crippen molar-refractivity contribution in [3.05, 3.63) is 84.4 Å². The van der Waals surface area contributed by atoms with E-state index in [-0.39, 0.29) is 11.7 Å². The van der Waals surface area contributed by atoms with E-state index >= 15 is 0 Å². The molecular formula is C26H26N6O2S. The molecule has 0 radical (unpaired) electrons. The second kappa shape index (κ2) is 11.3. The zero-order valence-electron chi connectivity index (χ0n) is 19.8. The molecule has 0 fully saturated rings. The Balaban J connectivity index is 1.46. The average Bonchev–Trinajstić information content (AvgIpc) is 3.32. The summed E-state index contributed by atoms with van der Waals surface area (Å²) in [4.78, 5) is 14.5. The molecule has 0 unspecified atom stereocenters. The lowest BCUT2D eigenvalue weighted by Crippen LogP contribution is -2.20. The number of hydrazone groups is 1. The van der Waals surface area contributed by atoms with Crippen LogP contribution in [0, 0.1) is 0 Å². The molecule has 0 aliphatic carbocycles. The van der Waals surface area contributed by atoms with Gasteiger partial charge < -0.3 is 9.64 Å². The highest BCUT2D eigenvalue weighted by atomic mass is 32.2. The maximum absolute atomic E-state index is 12.4. The number of carbonyl (C=O) groups is 1. The van der Waals surface area contributed by atoms with Gasteiger partial charge in [-0.2, -0.15) is 5.10 Å². The minimum atomic E-state index is -0.235. The number of rotatable bonds is 9. The largest absolute Gasteiger partial charge is 0.497 e. The van der Waals surface area contributed by atoms with Crippen LogP contribution in [0.15, 0.2) is 89.1 Å². The Kier molecular flexibility index (Phi) is 7.79. The fourth-order valence-corrected chi connectivity index (χ4v) is 4.05. The number of hydrogen-bond acceptors (Lipinski definition) is 7. The predicted octanol–water partition coefficient (Wildman–Crippen LogP) is 4.25. The van der Waals surface area contributed by atoms with Gasteiger partial charge in [-0.3, -0.25) is 9.36 Å². The standard InChI is InChI=1S/C26H26N6O2S/c1-31(2)21-11-9-19(10-12-21)17-27-28-24(33)18-35-26-30-29-25(20-7-5-4-6-8-20)32(26)22-13-15-23(34-3)16-14-22/h4-17H,18H2,1-3H3,(H,28,33)/b27-17-. The number of methoxy groups -OCH3 is 1. The molecule has 178 valence electrons. The van der Waals surface area contributed by atoms with Crippen molar-refractivity contribution in [1.29, 1.82) is 0 Å². The van der Waals surface area contributed by atoms with Crippen LogP contribution in [0.3, 0.4) is 0 Å². The van der Waals surface area contributed by atoms with Gasteiger partial charge in [0.1, 0.15) is 5.75 Å². The number of aromatic nitrogens is 3. The third-order valence-corrected chi connectivity index (χ3v) is 6.07. The van der Waals surface area contributed by atoms with Crippen LogP contribution >= 0.6 is 11.8 Å². The molecule has 35 heavy (non-hydrogen) atoms. The molecule has 1 N–H and O–H groups in total. The summed E-state index contributed by atoms with van der Waals surface area (Å²) in [5.41, 5.74) is 6.37. The quantitative estimate of drug-likeness (QED) is 0.216. The van der Waals surface area contributed by atoms with Crippen molar-refractivity contribution in [2.24, 2.45) is 5.10 Å². The molecule has 0 aliphatic rings. The molecule has 4 rings (SSSR count). The molecule has 0 bridgehead atoms. The summed E-state index contributed by atoms with van der Waals surface area (Å²) in [5.74, 6) is 1.35. The van der Waals surface area contributed by atoms with Crippen molar-refractivity contribution in [2.45, 2.75) is 5.16 Å². The van der Waals surface area contributed by atoms with Crippen molar-refractivity contribution in [3.8, 4) is 22.8 Å². The highest BCUT2D eigenvalue weighted by Gasteiger charge is 2.17. The summed E-state index contributed by atoms with van der Waals surface area (Å²) in [7, 11) is 5.60.